The second-order valence-electron chi connectivity index (χ2n) is 9.30. The highest BCUT2D eigenvalue weighted by atomic mass is 15.2. The maximum atomic E-state index is 4.52. The van der Waals surface area contributed by atoms with Crippen LogP contribution in [0.1, 0.15) is 30.2 Å². The molecule has 2 aromatic carbocycles. The summed E-state index contributed by atoms with van der Waals surface area (Å²) in [5.41, 5.74) is 13.8. The SMILES string of the molecule is C=C1/C=C\C=C/Cc2ccc3c(c4c(n3-c3ccccc3)C=C=CC=C4)c2N1C1=CC=C(C)CC=C1. The van der Waals surface area contributed by atoms with Gasteiger partial charge >= 0.3 is 0 Å². The maximum absolute atomic E-state index is 4.52. The van der Waals surface area contributed by atoms with Crippen LogP contribution < -0.4 is 4.90 Å². The van der Waals surface area contributed by atoms with E-state index in [-0.39, 0.29) is 0 Å². The zero-order valence-electron chi connectivity index (χ0n) is 20.5. The Kier molecular flexibility index (Phi) is 5.65. The van der Waals surface area contributed by atoms with Gasteiger partial charge in [0.2, 0.25) is 0 Å². The lowest BCUT2D eigenvalue weighted by Crippen LogP contribution is -2.21. The van der Waals surface area contributed by atoms with Crippen molar-refractivity contribution in [3.8, 4) is 5.69 Å². The molecule has 0 spiro atoms. The molecule has 6 rings (SSSR count). The van der Waals surface area contributed by atoms with Gasteiger partial charge in [-0.05, 0) is 67.8 Å². The molecule has 2 nitrogen and oxygen atoms in total. The van der Waals surface area contributed by atoms with Gasteiger partial charge in [-0.3, -0.25) is 0 Å². The number of allylic oxidation sites excluding steroid dienone is 11. The van der Waals surface area contributed by atoms with E-state index in [0.29, 0.717) is 0 Å². The van der Waals surface area contributed by atoms with Crippen molar-refractivity contribution in [3.05, 3.63) is 149 Å². The number of hydrogen-bond acceptors (Lipinski definition) is 1. The van der Waals surface area contributed by atoms with E-state index in [1.807, 2.05) is 6.08 Å². The summed E-state index contributed by atoms with van der Waals surface area (Å²) >= 11 is 0. The summed E-state index contributed by atoms with van der Waals surface area (Å²) in [6, 6.07) is 15.1. The summed E-state index contributed by atoms with van der Waals surface area (Å²) in [7, 11) is 0. The summed E-state index contributed by atoms with van der Waals surface area (Å²) in [5, 5.41) is 1.22. The largest absolute Gasteiger partial charge is 0.310 e. The smallest absolute Gasteiger partial charge is 0.0618 e. The molecule has 0 amide bonds. The number of hydrogen-bond donors (Lipinski definition) is 0. The Balaban J connectivity index is 1.74. The minimum atomic E-state index is 0.842. The van der Waals surface area contributed by atoms with Gasteiger partial charge in [-0.15, -0.1) is 5.73 Å². The molecule has 0 fully saturated rings. The number of nitrogens with zero attached hydrogens (tertiary/aromatic N) is 2. The van der Waals surface area contributed by atoms with Crippen molar-refractivity contribution in [2.45, 2.75) is 19.8 Å². The van der Waals surface area contributed by atoms with Crippen LogP contribution >= 0.6 is 0 Å². The van der Waals surface area contributed by atoms with Crippen LogP contribution in [0.5, 0.6) is 0 Å². The van der Waals surface area contributed by atoms with Crippen LogP contribution in [0.15, 0.2) is 133 Å². The highest BCUT2D eigenvalue weighted by Gasteiger charge is 2.26. The molecule has 174 valence electrons. The number of rotatable bonds is 2. The van der Waals surface area contributed by atoms with Crippen molar-refractivity contribution in [3.63, 3.8) is 0 Å². The molecule has 1 aromatic heterocycles. The standard InChI is InChI=1S/C34H28N2/c1-25-13-12-18-29(23-21-25)35-26(2)14-6-3-7-15-27-22-24-32-33(34(27)35)30-19-10-5-11-20-31(30)36(32)28-16-8-4-9-17-28/h3-10,12,14,16-24H,2,13,15H2,1H3/b7-3-,14-6-. The van der Waals surface area contributed by atoms with E-state index in [1.54, 1.807) is 0 Å². The quantitative estimate of drug-likeness (QED) is 0.345. The van der Waals surface area contributed by atoms with E-state index in [1.165, 1.54) is 33.3 Å². The molecule has 2 aliphatic carbocycles. The van der Waals surface area contributed by atoms with Crippen molar-refractivity contribution in [1.29, 1.82) is 0 Å². The van der Waals surface area contributed by atoms with Crippen LogP contribution in [0.2, 0.25) is 0 Å². The lowest BCUT2D eigenvalue weighted by Gasteiger charge is -2.29. The first-order chi connectivity index (χ1) is 17.7. The second kappa shape index (κ2) is 9.26. The summed E-state index contributed by atoms with van der Waals surface area (Å²) in [6.45, 7) is 6.70. The van der Waals surface area contributed by atoms with Crippen LogP contribution in [-0.4, -0.2) is 4.57 Å². The van der Waals surface area contributed by atoms with Crippen LogP contribution in [0.25, 0.3) is 28.7 Å². The number of benzene rings is 2. The third kappa shape index (κ3) is 3.79. The van der Waals surface area contributed by atoms with Crippen molar-refractivity contribution >= 4 is 28.7 Å². The van der Waals surface area contributed by atoms with E-state index < -0.39 is 0 Å². The van der Waals surface area contributed by atoms with E-state index in [9.17, 15) is 0 Å². The van der Waals surface area contributed by atoms with Crippen molar-refractivity contribution in [1.82, 2.24) is 4.57 Å². The van der Waals surface area contributed by atoms with E-state index in [2.05, 4.69) is 138 Å². The zero-order chi connectivity index (χ0) is 24.5. The molecule has 0 atom stereocenters. The molecule has 2 heteroatoms. The van der Waals surface area contributed by atoms with Gasteiger partial charge in [0.05, 0.1) is 16.9 Å². The van der Waals surface area contributed by atoms with Crippen LogP contribution in [0.4, 0.5) is 5.69 Å². The lowest BCUT2D eigenvalue weighted by molar-refractivity contribution is 1.10. The number of fused-ring (bicyclic) bond motifs is 5. The van der Waals surface area contributed by atoms with Gasteiger partial charge in [0, 0.05) is 34.1 Å². The van der Waals surface area contributed by atoms with Gasteiger partial charge in [-0.1, -0.05) is 78.9 Å². The summed E-state index contributed by atoms with van der Waals surface area (Å²) in [5.74, 6) is 0. The average molecular weight is 465 g/mol. The van der Waals surface area contributed by atoms with Crippen molar-refractivity contribution in [2.75, 3.05) is 4.90 Å². The van der Waals surface area contributed by atoms with E-state index in [0.717, 1.165) is 35.6 Å². The van der Waals surface area contributed by atoms with Gasteiger partial charge in [-0.25, -0.2) is 0 Å². The Bertz CT molecular complexity index is 1620. The molecule has 0 bridgehead atoms. The van der Waals surface area contributed by atoms with Crippen LogP contribution in [0, 0.1) is 0 Å². The summed E-state index contributed by atoms with van der Waals surface area (Å²) in [4.78, 5) is 2.33. The second-order valence-corrected chi connectivity index (χ2v) is 9.30. The first-order valence-electron chi connectivity index (χ1n) is 12.4. The molecule has 0 unspecified atom stereocenters. The van der Waals surface area contributed by atoms with Crippen LogP contribution in [-0.2, 0) is 6.42 Å². The first-order valence-corrected chi connectivity index (χ1v) is 12.4. The van der Waals surface area contributed by atoms with Crippen molar-refractivity contribution in [2.24, 2.45) is 0 Å². The predicted molar refractivity (Wildman–Crippen MR) is 154 cm³/mol. The third-order valence-electron chi connectivity index (χ3n) is 6.87. The first kappa shape index (κ1) is 22.0. The number of aromatic nitrogens is 1. The maximum Gasteiger partial charge on any atom is 0.0618 e. The molecule has 2 heterocycles. The minimum absolute atomic E-state index is 0.842. The van der Waals surface area contributed by atoms with Gasteiger partial charge in [-0.2, -0.15) is 0 Å². The Morgan fingerprint density at radius 2 is 1.75 bits per heavy atom. The zero-order valence-corrected chi connectivity index (χ0v) is 20.5. The highest BCUT2D eigenvalue weighted by molar-refractivity contribution is 6.06. The highest BCUT2D eigenvalue weighted by Crippen LogP contribution is 2.43. The number of para-hydroxylation sites is 1. The average Bonchev–Trinajstić information content (AvgIpc) is 3.02. The fourth-order valence-electron chi connectivity index (χ4n) is 5.19. The fourth-order valence-corrected chi connectivity index (χ4v) is 5.19. The predicted octanol–water partition coefficient (Wildman–Crippen LogP) is 8.60. The topological polar surface area (TPSA) is 8.17 Å². The van der Waals surface area contributed by atoms with Gasteiger partial charge in [0.25, 0.3) is 0 Å². The minimum Gasteiger partial charge on any atom is -0.310 e. The molecule has 1 aliphatic heterocycles. The molecule has 36 heavy (non-hydrogen) atoms. The molecule has 3 aliphatic rings. The van der Waals surface area contributed by atoms with E-state index in [4.69, 9.17) is 0 Å². The summed E-state index contributed by atoms with van der Waals surface area (Å²) < 4.78 is 2.35. The molecule has 0 radical (unpaired) electrons. The number of anilines is 1. The lowest BCUT2D eigenvalue weighted by atomic mass is 9.99. The monoisotopic (exact) mass is 464 g/mol. The fraction of sp³-hybridized carbons (Fsp3) is 0.0882. The third-order valence-corrected chi connectivity index (χ3v) is 6.87. The molecular weight excluding hydrogens is 436 g/mol. The van der Waals surface area contributed by atoms with Gasteiger partial charge in [0.1, 0.15) is 0 Å². The van der Waals surface area contributed by atoms with Crippen molar-refractivity contribution < 1.29 is 0 Å². The Morgan fingerprint density at radius 1 is 0.861 bits per heavy atom. The van der Waals surface area contributed by atoms with Gasteiger partial charge < -0.3 is 9.47 Å². The van der Waals surface area contributed by atoms with E-state index >= 15 is 0 Å². The van der Waals surface area contributed by atoms with Crippen LogP contribution in [0.3, 0.4) is 0 Å². The molecule has 3 aromatic rings. The molecule has 0 saturated carbocycles. The Hall–Kier alpha value is -4.52. The molecule has 0 saturated heterocycles. The molecular formula is C34H28N2. The Labute approximate surface area is 212 Å². The Morgan fingerprint density at radius 3 is 2.64 bits per heavy atom. The molecule has 0 N–H and O–H groups in total. The summed E-state index contributed by atoms with van der Waals surface area (Å²) in [6.07, 6.45) is 27.6. The normalized spacial score (nSPS) is 18.4. The van der Waals surface area contributed by atoms with Gasteiger partial charge in [0.15, 0.2) is 0 Å².